The van der Waals surface area contributed by atoms with Crippen LogP contribution in [0.25, 0.3) is 11.0 Å². The standard InChI is InChI=1S/C17H16BrClN2/c1-11(19)17-20-15-8-3-4-9-16(15)21(17)12(2)13-6-5-7-14(18)10-13/h3-12H,1-2H3. The highest BCUT2D eigenvalue weighted by molar-refractivity contribution is 9.10. The third-order valence-corrected chi connectivity index (χ3v) is 4.39. The third-order valence-electron chi connectivity index (χ3n) is 3.70. The fraction of sp³-hybridized carbons (Fsp3) is 0.235. The van der Waals surface area contributed by atoms with Crippen LogP contribution in [0.4, 0.5) is 0 Å². The Kier molecular flexibility index (Phi) is 4.05. The SMILES string of the molecule is CC(Cl)c1nc2ccccc2n1C(C)c1cccc(Br)c1. The zero-order valence-electron chi connectivity index (χ0n) is 11.9. The van der Waals surface area contributed by atoms with Crippen molar-refractivity contribution in [3.63, 3.8) is 0 Å². The lowest BCUT2D eigenvalue weighted by molar-refractivity contribution is 0.618. The number of hydrogen-bond acceptors (Lipinski definition) is 1. The van der Waals surface area contributed by atoms with Crippen molar-refractivity contribution in [1.29, 1.82) is 0 Å². The van der Waals surface area contributed by atoms with Crippen LogP contribution in [-0.2, 0) is 0 Å². The molecule has 0 N–H and O–H groups in total. The van der Waals surface area contributed by atoms with Gasteiger partial charge in [0.05, 0.1) is 22.5 Å². The second-order valence-electron chi connectivity index (χ2n) is 5.18. The Bertz CT molecular complexity index is 779. The monoisotopic (exact) mass is 362 g/mol. The fourth-order valence-corrected chi connectivity index (χ4v) is 3.24. The van der Waals surface area contributed by atoms with Crippen LogP contribution in [0.3, 0.4) is 0 Å². The molecule has 2 atom stereocenters. The minimum atomic E-state index is -0.132. The van der Waals surface area contributed by atoms with Gasteiger partial charge >= 0.3 is 0 Å². The van der Waals surface area contributed by atoms with Crippen molar-refractivity contribution in [1.82, 2.24) is 9.55 Å². The molecule has 1 aromatic heterocycles. The number of alkyl halides is 1. The van der Waals surface area contributed by atoms with E-state index in [9.17, 15) is 0 Å². The molecule has 21 heavy (non-hydrogen) atoms. The number of aromatic nitrogens is 2. The maximum absolute atomic E-state index is 6.35. The third kappa shape index (κ3) is 2.72. The predicted octanol–water partition coefficient (Wildman–Crippen LogP) is 5.71. The average molecular weight is 364 g/mol. The number of fused-ring (bicyclic) bond motifs is 1. The predicted molar refractivity (Wildman–Crippen MR) is 92.0 cm³/mol. The molecule has 4 heteroatoms. The first-order valence-corrected chi connectivity index (χ1v) is 8.17. The molecule has 2 unspecified atom stereocenters. The van der Waals surface area contributed by atoms with Gasteiger partial charge in [-0.15, -0.1) is 11.6 Å². The largest absolute Gasteiger partial charge is 0.319 e. The number of nitrogens with zero attached hydrogens (tertiary/aromatic N) is 2. The molecule has 2 aromatic carbocycles. The van der Waals surface area contributed by atoms with Gasteiger partial charge in [-0.05, 0) is 43.7 Å². The summed E-state index contributed by atoms with van der Waals surface area (Å²) in [5.41, 5.74) is 3.33. The number of imidazole rings is 1. The van der Waals surface area contributed by atoms with Gasteiger partial charge in [-0.25, -0.2) is 4.98 Å². The Labute approximate surface area is 137 Å². The summed E-state index contributed by atoms with van der Waals surface area (Å²) in [5, 5.41) is -0.132. The van der Waals surface area contributed by atoms with Crippen LogP contribution in [0.1, 0.15) is 36.7 Å². The van der Waals surface area contributed by atoms with E-state index in [4.69, 9.17) is 16.6 Å². The van der Waals surface area contributed by atoms with Gasteiger partial charge in [0.1, 0.15) is 5.82 Å². The first-order valence-electron chi connectivity index (χ1n) is 6.94. The van der Waals surface area contributed by atoms with Crippen LogP contribution >= 0.6 is 27.5 Å². The highest BCUT2D eigenvalue weighted by Gasteiger charge is 2.19. The highest BCUT2D eigenvalue weighted by Crippen LogP contribution is 2.31. The zero-order valence-corrected chi connectivity index (χ0v) is 14.3. The van der Waals surface area contributed by atoms with Crippen molar-refractivity contribution in [2.24, 2.45) is 0 Å². The molecule has 0 saturated carbocycles. The molecule has 2 nitrogen and oxygen atoms in total. The molecule has 0 aliphatic heterocycles. The fourth-order valence-electron chi connectivity index (χ4n) is 2.67. The molecule has 0 aliphatic rings. The Morgan fingerprint density at radius 3 is 2.57 bits per heavy atom. The van der Waals surface area contributed by atoms with Gasteiger partial charge in [-0.2, -0.15) is 0 Å². The minimum Gasteiger partial charge on any atom is -0.319 e. The summed E-state index contributed by atoms with van der Waals surface area (Å²) in [7, 11) is 0. The van der Waals surface area contributed by atoms with Crippen molar-refractivity contribution in [2.45, 2.75) is 25.3 Å². The summed E-state index contributed by atoms with van der Waals surface area (Å²) < 4.78 is 3.31. The second-order valence-corrected chi connectivity index (χ2v) is 6.75. The maximum atomic E-state index is 6.35. The Morgan fingerprint density at radius 1 is 1.10 bits per heavy atom. The van der Waals surface area contributed by atoms with E-state index in [2.05, 4.69) is 51.7 Å². The van der Waals surface area contributed by atoms with Crippen LogP contribution < -0.4 is 0 Å². The smallest absolute Gasteiger partial charge is 0.128 e. The van der Waals surface area contributed by atoms with E-state index < -0.39 is 0 Å². The quantitative estimate of drug-likeness (QED) is 0.545. The van der Waals surface area contributed by atoms with Gasteiger partial charge in [0.25, 0.3) is 0 Å². The van der Waals surface area contributed by atoms with Gasteiger partial charge < -0.3 is 4.57 Å². The number of rotatable bonds is 3. The molecule has 0 spiro atoms. The molecule has 0 amide bonds. The average Bonchev–Trinajstić information content (AvgIpc) is 2.86. The highest BCUT2D eigenvalue weighted by atomic mass is 79.9. The lowest BCUT2D eigenvalue weighted by atomic mass is 10.1. The van der Waals surface area contributed by atoms with Crippen LogP contribution in [0.15, 0.2) is 53.0 Å². The summed E-state index contributed by atoms with van der Waals surface area (Å²) in [5.74, 6) is 0.908. The molecule has 0 saturated heterocycles. The van der Waals surface area contributed by atoms with Gasteiger partial charge in [0.15, 0.2) is 0 Å². The zero-order chi connectivity index (χ0) is 15.0. The van der Waals surface area contributed by atoms with Crippen LogP contribution in [0.5, 0.6) is 0 Å². The van der Waals surface area contributed by atoms with Gasteiger partial charge in [0.2, 0.25) is 0 Å². The topological polar surface area (TPSA) is 17.8 Å². The van der Waals surface area contributed by atoms with Gasteiger partial charge in [-0.3, -0.25) is 0 Å². The molecule has 0 radical (unpaired) electrons. The van der Waals surface area contributed by atoms with Crippen molar-refractivity contribution in [3.05, 3.63) is 64.4 Å². The molecule has 0 aliphatic carbocycles. The van der Waals surface area contributed by atoms with E-state index >= 15 is 0 Å². The van der Waals surface area contributed by atoms with E-state index in [-0.39, 0.29) is 11.4 Å². The molecule has 1 heterocycles. The molecule has 3 rings (SSSR count). The van der Waals surface area contributed by atoms with Gasteiger partial charge in [-0.1, -0.05) is 40.2 Å². The summed E-state index contributed by atoms with van der Waals surface area (Å²) in [6, 6.07) is 16.7. The van der Waals surface area contributed by atoms with Crippen molar-refractivity contribution in [3.8, 4) is 0 Å². The van der Waals surface area contributed by atoms with E-state index in [1.807, 2.05) is 31.2 Å². The van der Waals surface area contributed by atoms with Crippen LogP contribution in [0.2, 0.25) is 0 Å². The Hall–Kier alpha value is -1.32. The van der Waals surface area contributed by atoms with Crippen LogP contribution in [0, 0.1) is 0 Å². The first kappa shape index (κ1) is 14.6. The Balaban J connectivity index is 2.20. The number of hydrogen-bond donors (Lipinski definition) is 0. The Morgan fingerprint density at radius 2 is 1.86 bits per heavy atom. The molecule has 0 bridgehead atoms. The molecular weight excluding hydrogens is 348 g/mol. The molecule has 3 aromatic rings. The van der Waals surface area contributed by atoms with Crippen LogP contribution in [-0.4, -0.2) is 9.55 Å². The lowest BCUT2D eigenvalue weighted by Crippen LogP contribution is -2.11. The van der Waals surface area contributed by atoms with E-state index in [1.54, 1.807) is 0 Å². The van der Waals surface area contributed by atoms with E-state index in [1.165, 1.54) is 5.56 Å². The van der Waals surface area contributed by atoms with Gasteiger partial charge in [0, 0.05) is 4.47 Å². The summed E-state index contributed by atoms with van der Waals surface area (Å²) in [6.45, 7) is 4.14. The van der Waals surface area contributed by atoms with E-state index in [0.717, 1.165) is 21.3 Å². The van der Waals surface area contributed by atoms with Crippen molar-refractivity contribution >= 4 is 38.6 Å². The number of halogens is 2. The molecule has 108 valence electrons. The first-order chi connectivity index (χ1) is 10.1. The normalized spacial score (nSPS) is 14.3. The summed E-state index contributed by atoms with van der Waals surface area (Å²) in [6.07, 6.45) is 0. The number of para-hydroxylation sites is 2. The van der Waals surface area contributed by atoms with Crippen molar-refractivity contribution in [2.75, 3.05) is 0 Å². The molecular formula is C17H16BrClN2. The lowest BCUT2D eigenvalue weighted by Gasteiger charge is -2.19. The second kappa shape index (κ2) is 5.82. The maximum Gasteiger partial charge on any atom is 0.128 e. The van der Waals surface area contributed by atoms with Crippen molar-refractivity contribution < 1.29 is 0 Å². The number of benzene rings is 2. The summed E-state index contributed by atoms with van der Waals surface area (Å²) >= 11 is 9.89. The van der Waals surface area contributed by atoms with E-state index in [0.29, 0.717) is 0 Å². The minimum absolute atomic E-state index is 0.132. The molecule has 0 fully saturated rings. The summed E-state index contributed by atoms with van der Waals surface area (Å²) in [4.78, 5) is 4.70.